The zero-order valence-electron chi connectivity index (χ0n) is 9.55. The average Bonchev–Trinajstić information content (AvgIpc) is 2.53. The SMILES string of the molecule is CC(NCCC(C)(C)O)C1CCCO1. The third-order valence-electron chi connectivity index (χ3n) is 2.73. The number of rotatable bonds is 5. The van der Waals surface area contributed by atoms with Crippen molar-refractivity contribution >= 4 is 0 Å². The highest BCUT2D eigenvalue weighted by Gasteiger charge is 2.22. The van der Waals surface area contributed by atoms with Gasteiger partial charge in [0.25, 0.3) is 0 Å². The van der Waals surface area contributed by atoms with Gasteiger partial charge in [0.1, 0.15) is 0 Å². The van der Waals surface area contributed by atoms with E-state index in [1.807, 2.05) is 13.8 Å². The summed E-state index contributed by atoms with van der Waals surface area (Å²) < 4.78 is 5.57. The van der Waals surface area contributed by atoms with Crippen molar-refractivity contribution in [2.24, 2.45) is 0 Å². The number of hydrogen-bond acceptors (Lipinski definition) is 3. The van der Waals surface area contributed by atoms with Gasteiger partial charge in [0.15, 0.2) is 0 Å². The molecule has 3 nitrogen and oxygen atoms in total. The van der Waals surface area contributed by atoms with E-state index in [0.717, 1.165) is 26.0 Å². The summed E-state index contributed by atoms with van der Waals surface area (Å²) in [7, 11) is 0. The van der Waals surface area contributed by atoms with Crippen LogP contribution in [-0.4, -0.2) is 36.0 Å². The van der Waals surface area contributed by atoms with Gasteiger partial charge in [-0.2, -0.15) is 0 Å². The van der Waals surface area contributed by atoms with Gasteiger partial charge in [-0.25, -0.2) is 0 Å². The fourth-order valence-electron chi connectivity index (χ4n) is 1.73. The molecule has 0 aromatic carbocycles. The number of nitrogens with one attached hydrogen (secondary N) is 1. The van der Waals surface area contributed by atoms with E-state index in [9.17, 15) is 5.11 Å². The van der Waals surface area contributed by atoms with Crippen LogP contribution in [0.15, 0.2) is 0 Å². The molecular weight excluding hydrogens is 178 g/mol. The summed E-state index contributed by atoms with van der Waals surface area (Å²) >= 11 is 0. The van der Waals surface area contributed by atoms with Gasteiger partial charge in [-0.3, -0.25) is 0 Å². The maximum atomic E-state index is 9.52. The first kappa shape index (κ1) is 12.0. The van der Waals surface area contributed by atoms with E-state index >= 15 is 0 Å². The highest BCUT2D eigenvalue weighted by atomic mass is 16.5. The van der Waals surface area contributed by atoms with Crippen LogP contribution < -0.4 is 5.32 Å². The van der Waals surface area contributed by atoms with Crippen LogP contribution in [0.3, 0.4) is 0 Å². The van der Waals surface area contributed by atoms with Crippen LogP contribution in [0.4, 0.5) is 0 Å². The van der Waals surface area contributed by atoms with E-state index in [2.05, 4.69) is 12.2 Å². The van der Waals surface area contributed by atoms with Gasteiger partial charge >= 0.3 is 0 Å². The zero-order valence-corrected chi connectivity index (χ0v) is 9.55. The Morgan fingerprint density at radius 2 is 2.29 bits per heavy atom. The molecule has 0 bridgehead atoms. The lowest BCUT2D eigenvalue weighted by Crippen LogP contribution is -2.39. The maximum Gasteiger partial charge on any atom is 0.0726 e. The van der Waals surface area contributed by atoms with Crippen molar-refractivity contribution in [2.45, 2.75) is 57.8 Å². The predicted molar refractivity (Wildman–Crippen MR) is 57.4 cm³/mol. The van der Waals surface area contributed by atoms with Crippen LogP contribution in [0.25, 0.3) is 0 Å². The summed E-state index contributed by atoms with van der Waals surface area (Å²) in [6.45, 7) is 7.59. The Morgan fingerprint density at radius 3 is 2.79 bits per heavy atom. The van der Waals surface area contributed by atoms with Crippen molar-refractivity contribution < 1.29 is 9.84 Å². The molecule has 14 heavy (non-hydrogen) atoms. The lowest BCUT2D eigenvalue weighted by atomic mass is 10.0. The van der Waals surface area contributed by atoms with Gasteiger partial charge in [-0.15, -0.1) is 0 Å². The van der Waals surface area contributed by atoms with Crippen molar-refractivity contribution in [3.05, 3.63) is 0 Å². The van der Waals surface area contributed by atoms with Crippen LogP contribution >= 0.6 is 0 Å². The van der Waals surface area contributed by atoms with Crippen LogP contribution in [-0.2, 0) is 4.74 Å². The molecule has 0 amide bonds. The predicted octanol–water partition coefficient (Wildman–Crippen LogP) is 1.30. The van der Waals surface area contributed by atoms with Gasteiger partial charge < -0.3 is 15.2 Å². The number of hydrogen-bond donors (Lipinski definition) is 2. The first-order valence-corrected chi connectivity index (χ1v) is 5.56. The number of ether oxygens (including phenoxy) is 1. The lowest BCUT2D eigenvalue weighted by Gasteiger charge is -2.23. The smallest absolute Gasteiger partial charge is 0.0726 e. The van der Waals surface area contributed by atoms with Crippen molar-refractivity contribution in [3.63, 3.8) is 0 Å². The van der Waals surface area contributed by atoms with E-state index in [1.165, 1.54) is 6.42 Å². The third-order valence-corrected chi connectivity index (χ3v) is 2.73. The van der Waals surface area contributed by atoms with Crippen LogP contribution in [0, 0.1) is 0 Å². The Hall–Kier alpha value is -0.120. The third kappa shape index (κ3) is 4.40. The van der Waals surface area contributed by atoms with E-state index < -0.39 is 5.60 Å². The first-order valence-electron chi connectivity index (χ1n) is 5.56. The Morgan fingerprint density at radius 1 is 1.57 bits per heavy atom. The molecule has 2 atom stereocenters. The summed E-state index contributed by atoms with van der Waals surface area (Å²) in [6.07, 6.45) is 3.50. The zero-order chi connectivity index (χ0) is 10.6. The van der Waals surface area contributed by atoms with E-state index in [0.29, 0.717) is 12.1 Å². The summed E-state index contributed by atoms with van der Waals surface area (Å²) in [6, 6.07) is 0.403. The summed E-state index contributed by atoms with van der Waals surface area (Å²) in [5, 5.41) is 12.9. The van der Waals surface area contributed by atoms with Gasteiger partial charge in [-0.1, -0.05) is 0 Å². The van der Waals surface area contributed by atoms with E-state index in [1.54, 1.807) is 0 Å². The normalized spacial score (nSPS) is 25.3. The average molecular weight is 201 g/mol. The second kappa shape index (κ2) is 5.10. The molecule has 3 heteroatoms. The monoisotopic (exact) mass is 201 g/mol. The van der Waals surface area contributed by atoms with E-state index in [4.69, 9.17) is 4.74 Å². The summed E-state index contributed by atoms with van der Waals surface area (Å²) in [4.78, 5) is 0. The fourth-order valence-corrected chi connectivity index (χ4v) is 1.73. The molecule has 0 spiro atoms. The Labute approximate surface area is 86.8 Å². The van der Waals surface area contributed by atoms with Crippen LogP contribution in [0.5, 0.6) is 0 Å². The molecule has 1 heterocycles. The molecule has 1 rings (SSSR count). The second-order valence-corrected chi connectivity index (χ2v) is 4.86. The van der Waals surface area contributed by atoms with Gasteiger partial charge in [0.2, 0.25) is 0 Å². The molecule has 0 aliphatic carbocycles. The standard InChI is InChI=1S/C11H23NO2/c1-9(10-5-4-8-14-10)12-7-6-11(2,3)13/h9-10,12-13H,4-8H2,1-3H3. The van der Waals surface area contributed by atoms with Crippen LogP contribution in [0.2, 0.25) is 0 Å². The molecule has 0 radical (unpaired) electrons. The van der Waals surface area contributed by atoms with E-state index in [-0.39, 0.29) is 0 Å². The number of aliphatic hydroxyl groups is 1. The maximum absolute atomic E-state index is 9.52. The topological polar surface area (TPSA) is 41.5 Å². The quantitative estimate of drug-likeness (QED) is 0.704. The summed E-state index contributed by atoms with van der Waals surface area (Å²) in [5.41, 5.74) is -0.566. The van der Waals surface area contributed by atoms with Crippen molar-refractivity contribution in [1.29, 1.82) is 0 Å². The first-order chi connectivity index (χ1) is 6.49. The molecule has 1 saturated heterocycles. The largest absolute Gasteiger partial charge is 0.390 e. The molecule has 0 saturated carbocycles. The lowest BCUT2D eigenvalue weighted by molar-refractivity contribution is 0.0606. The highest BCUT2D eigenvalue weighted by Crippen LogP contribution is 2.15. The minimum atomic E-state index is -0.566. The Balaban J connectivity index is 2.11. The Bertz CT molecular complexity index is 159. The molecule has 1 aliphatic heterocycles. The molecule has 0 aromatic heterocycles. The van der Waals surface area contributed by atoms with Crippen molar-refractivity contribution in [1.82, 2.24) is 5.32 Å². The minimum Gasteiger partial charge on any atom is -0.390 e. The molecular formula is C11H23NO2. The van der Waals surface area contributed by atoms with Crippen LogP contribution in [0.1, 0.15) is 40.0 Å². The minimum absolute atomic E-state index is 0.372. The van der Waals surface area contributed by atoms with Crippen molar-refractivity contribution in [2.75, 3.05) is 13.2 Å². The fraction of sp³-hybridized carbons (Fsp3) is 1.00. The second-order valence-electron chi connectivity index (χ2n) is 4.86. The van der Waals surface area contributed by atoms with Crippen molar-refractivity contribution in [3.8, 4) is 0 Å². The molecule has 1 aliphatic rings. The molecule has 1 fully saturated rings. The van der Waals surface area contributed by atoms with Gasteiger partial charge in [-0.05, 0) is 46.6 Å². The van der Waals surface area contributed by atoms with Gasteiger partial charge in [0, 0.05) is 12.6 Å². The summed E-state index contributed by atoms with van der Waals surface area (Å²) in [5.74, 6) is 0. The molecule has 0 aromatic rings. The highest BCUT2D eigenvalue weighted by molar-refractivity contribution is 4.77. The van der Waals surface area contributed by atoms with Gasteiger partial charge in [0.05, 0.1) is 11.7 Å². The molecule has 84 valence electrons. The Kier molecular flexibility index (Phi) is 4.35. The molecule has 2 unspecified atom stereocenters. The molecule has 2 N–H and O–H groups in total.